The highest BCUT2D eigenvalue weighted by Crippen LogP contribution is 2.28. The third-order valence-electron chi connectivity index (χ3n) is 2.15. The van der Waals surface area contributed by atoms with Crippen LogP contribution in [0.15, 0.2) is 0 Å². The Kier molecular flexibility index (Phi) is 4.39. The topological polar surface area (TPSA) is 17.1 Å². The van der Waals surface area contributed by atoms with Crippen molar-refractivity contribution in [3.63, 3.8) is 0 Å². The van der Waals surface area contributed by atoms with Gasteiger partial charge in [-0.3, -0.25) is 0 Å². The van der Waals surface area contributed by atoms with Crippen LogP contribution in [0, 0.1) is 11.3 Å². The average molecular weight is 156 g/mol. The zero-order valence-corrected chi connectivity index (χ0v) is 8.18. The van der Waals surface area contributed by atoms with Crippen molar-refractivity contribution in [3.8, 4) is 0 Å². The number of unbranched alkanes of at least 4 members (excludes halogenated alkanes) is 1. The van der Waals surface area contributed by atoms with E-state index in [0.29, 0.717) is 0 Å². The first kappa shape index (κ1) is 10.7. The quantitative estimate of drug-likeness (QED) is 0.572. The molecule has 0 spiro atoms. The molecule has 1 unspecified atom stereocenters. The van der Waals surface area contributed by atoms with Crippen molar-refractivity contribution in [2.24, 2.45) is 11.3 Å². The minimum Gasteiger partial charge on any atom is -0.303 e. The molecule has 1 nitrogen and oxygen atoms in total. The smallest absolute Gasteiger partial charge is 0.123 e. The fourth-order valence-electron chi connectivity index (χ4n) is 1.13. The van der Waals surface area contributed by atoms with E-state index in [-0.39, 0.29) is 11.3 Å². The van der Waals surface area contributed by atoms with Gasteiger partial charge in [-0.25, -0.2) is 0 Å². The minimum absolute atomic E-state index is 0.150. The van der Waals surface area contributed by atoms with Crippen molar-refractivity contribution in [1.29, 1.82) is 0 Å². The van der Waals surface area contributed by atoms with E-state index in [1.165, 1.54) is 12.8 Å². The zero-order chi connectivity index (χ0) is 8.91. The van der Waals surface area contributed by atoms with Crippen molar-refractivity contribution >= 4 is 6.29 Å². The van der Waals surface area contributed by atoms with Crippen LogP contribution < -0.4 is 0 Å². The van der Waals surface area contributed by atoms with Gasteiger partial charge in [0.1, 0.15) is 6.29 Å². The highest BCUT2D eigenvalue weighted by Gasteiger charge is 2.22. The summed E-state index contributed by atoms with van der Waals surface area (Å²) in [6.45, 7) is 8.54. The Hall–Kier alpha value is -0.330. The molecule has 0 bridgehead atoms. The molecule has 0 saturated carbocycles. The maximum atomic E-state index is 10.7. The molecule has 0 N–H and O–H groups in total. The Labute approximate surface area is 70.2 Å². The molecule has 11 heavy (non-hydrogen) atoms. The standard InChI is InChI=1S/C10H20O/c1-5-6-7-9(8-11)10(2,3)4/h8-9H,5-7H2,1-4H3. The van der Waals surface area contributed by atoms with Crippen LogP contribution in [0.3, 0.4) is 0 Å². The van der Waals surface area contributed by atoms with Crippen LogP contribution in [0.4, 0.5) is 0 Å². The number of aldehydes is 1. The van der Waals surface area contributed by atoms with Crippen LogP contribution in [0.2, 0.25) is 0 Å². The Morgan fingerprint density at radius 1 is 1.36 bits per heavy atom. The molecule has 0 aromatic carbocycles. The second-order valence-corrected chi connectivity index (χ2v) is 4.25. The molecule has 0 radical (unpaired) electrons. The lowest BCUT2D eigenvalue weighted by atomic mass is 9.79. The Morgan fingerprint density at radius 3 is 2.18 bits per heavy atom. The Morgan fingerprint density at radius 2 is 1.91 bits per heavy atom. The van der Waals surface area contributed by atoms with Crippen LogP contribution in [0.5, 0.6) is 0 Å². The lowest BCUT2D eigenvalue weighted by Gasteiger charge is -2.25. The molecule has 0 aromatic rings. The largest absolute Gasteiger partial charge is 0.303 e. The van der Waals surface area contributed by atoms with Gasteiger partial charge in [-0.15, -0.1) is 0 Å². The Balaban J connectivity index is 3.86. The molecule has 66 valence electrons. The van der Waals surface area contributed by atoms with E-state index in [2.05, 4.69) is 27.7 Å². The number of rotatable bonds is 4. The third kappa shape index (κ3) is 4.18. The molecule has 0 aromatic heterocycles. The average Bonchev–Trinajstić information content (AvgIpc) is 1.87. The van der Waals surface area contributed by atoms with E-state index in [1.54, 1.807) is 0 Å². The highest BCUT2D eigenvalue weighted by molar-refractivity contribution is 5.54. The van der Waals surface area contributed by atoms with E-state index >= 15 is 0 Å². The summed E-state index contributed by atoms with van der Waals surface area (Å²) in [6.07, 6.45) is 4.50. The monoisotopic (exact) mass is 156 g/mol. The van der Waals surface area contributed by atoms with Gasteiger partial charge in [0.25, 0.3) is 0 Å². The van der Waals surface area contributed by atoms with Crippen molar-refractivity contribution in [2.75, 3.05) is 0 Å². The molecule has 0 heterocycles. The van der Waals surface area contributed by atoms with E-state index < -0.39 is 0 Å². The predicted molar refractivity (Wildman–Crippen MR) is 48.5 cm³/mol. The van der Waals surface area contributed by atoms with Gasteiger partial charge >= 0.3 is 0 Å². The first-order chi connectivity index (χ1) is 5.02. The SMILES string of the molecule is CCCCC(C=O)C(C)(C)C. The molecule has 0 rings (SSSR count). The van der Waals surface area contributed by atoms with Gasteiger partial charge in [0, 0.05) is 5.92 Å². The lowest BCUT2D eigenvalue weighted by Crippen LogP contribution is -2.21. The summed E-state index contributed by atoms with van der Waals surface area (Å²) in [5.41, 5.74) is 0.150. The molecule has 0 saturated heterocycles. The summed E-state index contributed by atoms with van der Waals surface area (Å²) in [7, 11) is 0. The lowest BCUT2D eigenvalue weighted by molar-refractivity contribution is -0.114. The van der Waals surface area contributed by atoms with Crippen LogP contribution in [0.1, 0.15) is 47.0 Å². The van der Waals surface area contributed by atoms with Crippen LogP contribution in [0.25, 0.3) is 0 Å². The predicted octanol–water partition coefficient (Wildman–Crippen LogP) is 3.04. The molecule has 1 heteroatoms. The van der Waals surface area contributed by atoms with Gasteiger partial charge in [-0.05, 0) is 11.8 Å². The molecule has 0 amide bonds. The molecule has 0 aliphatic carbocycles. The van der Waals surface area contributed by atoms with Crippen LogP contribution in [-0.4, -0.2) is 6.29 Å². The molecule has 1 atom stereocenters. The minimum atomic E-state index is 0.150. The van der Waals surface area contributed by atoms with Crippen molar-refractivity contribution in [3.05, 3.63) is 0 Å². The summed E-state index contributed by atoms with van der Waals surface area (Å²) in [4.78, 5) is 10.7. The Bertz CT molecular complexity index is 111. The van der Waals surface area contributed by atoms with Crippen LogP contribution in [-0.2, 0) is 4.79 Å². The molecular formula is C10H20O. The van der Waals surface area contributed by atoms with Crippen LogP contribution >= 0.6 is 0 Å². The zero-order valence-electron chi connectivity index (χ0n) is 8.18. The number of hydrogen-bond acceptors (Lipinski definition) is 1. The van der Waals surface area contributed by atoms with Gasteiger partial charge in [0.2, 0.25) is 0 Å². The van der Waals surface area contributed by atoms with Gasteiger partial charge < -0.3 is 4.79 Å². The number of hydrogen-bond donors (Lipinski definition) is 0. The van der Waals surface area contributed by atoms with Crippen molar-refractivity contribution < 1.29 is 4.79 Å². The van der Waals surface area contributed by atoms with Gasteiger partial charge in [-0.1, -0.05) is 40.5 Å². The van der Waals surface area contributed by atoms with E-state index in [9.17, 15) is 4.79 Å². The number of carbonyl (C=O) groups is 1. The highest BCUT2D eigenvalue weighted by atomic mass is 16.1. The molecule has 0 aliphatic heterocycles. The summed E-state index contributed by atoms with van der Waals surface area (Å²) < 4.78 is 0. The van der Waals surface area contributed by atoms with E-state index in [1.807, 2.05) is 0 Å². The summed E-state index contributed by atoms with van der Waals surface area (Å²) in [5, 5.41) is 0. The maximum Gasteiger partial charge on any atom is 0.123 e. The van der Waals surface area contributed by atoms with Gasteiger partial charge in [0.05, 0.1) is 0 Å². The second kappa shape index (κ2) is 4.53. The fourth-order valence-corrected chi connectivity index (χ4v) is 1.13. The molecule has 0 aliphatic rings. The summed E-state index contributed by atoms with van der Waals surface area (Å²) >= 11 is 0. The van der Waals surface area contributed by atoms with Gasteiger partial charge in [0.15, 0.2) is 0 Å². The first-order valence-electron chi connectivity index (χ1n) is 4.47. The van der Waals surface area contributed by atoms with E-state index in [4.69, 9.17) is 0 Å². The number of carbonyl (C=O) groups excluding carboxylic acids is 1. The normalized spacial score (nSPS) is 14.5. The summed E-state index contributed by atoms with van der Waals surface area (Å²) in [6, 6.07) is 0. The summed E-state index contributed by atoms with van der Waals surface area (Å²) in [5.74, 6) is 0.238. The third-order valence-corrected chi connectivity index (χ3v) is 2.15. The van der Waals surface area contributed by atoms with Crippen molar-refractivity contribution in [1.82, 2.24) is 0 Å². The maximum absolute atomic E-state index is 10.7. The van der Waals surface area contributed by atoms with Crippen molar-refractivity contribution in [2.45, 2.75) is 47.0 Å². The first-order valence-corrected chi connectivity index (χ1v) is 4.47. The molecule has 0 fully saturated rings. The van der Waals surface area contributed by atoms with E-state index in [0.717, 1.165) is 12.7 Å². The molecular weight excluding hydrogens is 136 g/mol. The second-order valence-electron chi connectivity index (χ2n) is 4.25. The fraction of sp³-hybridized carbons (Fsp3) is 0.900. The van der Waals surface area contributed by atoms with Gasteiger partial charge in [-0.2, -0.15) is 0 Å².